The third kappa shape index (κ3) is 1.28. The van der Waals surface area contributed by atoms with Gasteiger partial charge in [-0.15, -0.1) is 0 Å². The molecule has 0 saturated carbocycles. The van der Waals surface area contributed by atoms with Crippen molar-refractivity contribution in [3.63, 3.8) is 0 Å². The van der Waals surface area contributed by atoms with E-state index in [1.807, 2.05) is 0 Å². The molecular weight excluding hydrogens is 152 g/mol. The van der Waals surface area contributed by atoms with E-state index in [1.54, 1.807) is 0 Å². The van der Waals surface area contributed by atoms with Gasteiger partial charge in [0.15, 0.2) is 5.82 Å². The highest BCUT2D eigenvalue weighted by Gasteiger charge is 2.06. The number of hydrogen-bond donors (Lipinski definition) is 2. The van der Waals surface area contributed by atoms with E-state index in [0.29, 0.717) is 5.82 Å². The molecule has 0 fully saturated rings. The molecular formula is C4H6N4OS. The monoisotopic (exact) mass is 158 g/mol. The van der Waals surface area contributed by atoms with E-state index in [-0.39, 0.29) is 11.6 Å². The minimum Gasteiger partial charge on any atom is -0.363 e. The maximum absolute atomic E-state index is 10.4. The summed E-state index contributed by atoms with van der Waals surface area (Å²) in [4.78, 5) is 14.2. The maximum Gasteiger partial charge on any atom is 0.279 e. The van der Waals surface area contributed by atoms with E-state index in [1.165, 1.54) is 0 Å². The van der Waals surface area contributed by atoms with Gasteiger partial charge in [-0.3, -0.25) is 4.79 Å². The Morgan fingerprint density at radius 3 is 2.70 bits per heavy atom. The van der Waals surface area contributed by atoms with Crippen molar-refractivity contribution in [1.29, 1.82) is 0 Å². The summed E-state index contributed by atoms with van der Waals surface area (Å²) in [5.41, 5.74) is 10.1. The summed E-state index contributed by atoms with van der Waals surface area (Å²) in [6.07, 6.45) is 0. The van der Waals surface area contributed by atoms with Crippen LogP contribution < -0.4 is 11.5 Å². The van der Waals surface area contributed by atoms with Crippen LogP contribution in [-0.2, 0) is 6.54 Å². The molecule has 0 aliphatic heterocycles. The number of amides is 1. The van der Waals surface area contributed by atoms with Crippen molar-refractivity contribution < 1.29 is 4.79 Å². The predicted molar refractivity (Wildman–Crippen MR) is 36.3 cm³/mol. The van der Waals surface area contributed by atoms with Gasteiger partial charge in [-0.25, -0.2) is 4.98 Å². The molecule has 1 rings (SSSR count). The number of primary amides is 1. The molecule has 4 N–H and O–H groups in total. The second kappa shape index (κ2) is 2.72. The largest absolute Gasteiger partial charge is 0.363 e. The second-order valence-electron chi connectivity index (χ2n) is 1.58. The molecule has 10 heavy (non-hydrogen) atoms. The second-order valence-corrected chi connectivity index (χ2v) is 2.34. The fourth-order valence-corrected chi connectivity index (χ4v) is 0.980. The minimum atomic E-state index is -0.558. The number of carbonyl (C=O) groups excluding carboxylic acids is 1. The zero-order valence-electron chi connectivity index (χ0n) is 5.07. The Morgan fingerprint density at radius 1 is 1.70 bits per heavy atom. The summed E-state index contributed by atoms with van der Waals surface area (Å²) >= 11 is 0.967. The van der Waals surface area contributed by atoms with Crippen molar-refractivity contribution in [2.45, 2.75) is 6.54 Å². The SMILES string of the molecule is NCc1nsc(C(N)=O)n1. The Morgan fingerprint density at radius 2 is 2.40 bits per heavy atom. The van der Waals surface area contributed by atoms with Gasteiger partial charge >= 0.3 is 0 Å². The standard InChI is InChI=1S/C4H6N4OS/c5-1-2-7-4(3(6)9)10-8-2/h1,5H2,(H2,6,9). The average molecular weight is 158 g/mol. The van der Waals surface area contributed by atoms with Gasteiger partial charge in [-0.05, 0) is 11.5 Å². The summed E-state index contributed by atoms with van der Waals surface area (Å²) in [7, 11) is 0. The normalized spacial score (nSPS) is 9.70. The van der Waals surface area contributed by atoms with E-state index in [9.17, 15) is 4.79 Å². The van der Waals surface area contributed by atoms with E-state index >= 15 is 0 Å². The fourth-order valence-electron chi connectivity index (χ4n) is 0.437. The fraction of sp³-hybridized carbons (Fsp3) is 0.250. The van der Waals surface area contributed by atoms with Crippen LogP contribution in [0.3, 0.4) is 0 Å². The third-order valence-electron chi connectivity index (χ3n) is 0.861. The molecule has 0 saturated heterocycles. The highest BCUT2D eigenvalue weighted by Crippen LogP contribution is 2.01. The van der Waals surface area contributed by atoms with Crippen molar-refractivity contribution in [3.8, 4) is 0 Å². The quantitative estimate of drug-likeness (QED) is 0.582. The number of nitrogens with two attached hydrogens (primary N) is 2. The molecule has 1 amide bonds. The van der Waals surface area contributed by atoms with Crippen molar-refractivity contribution >= 4 is 17.4 Å². The first-order valence-corrected chi connectivity index (χ1v) is 3.34. The molecule has 0 aromatic carbocycles. The summed E-state index contributed by atoms with van der Waals surface area (Å²) < 4.78 is 3.76. The maximum atomic E-state index is 10.4. The van der Waals surface area contributed by atoms with Crippen molar-refractivity contribution in [1.82, 2.24) is 9.36 Å². The Balaban J connectivity index is 2.88. The van der Waals surface area contributed by atoms with E-state index in [4.69, 9.17) is 11.5 Å². The van der Waals surface area contributed by atoms with Gasteiger partial charge in [0.05, 0.1) is 6.54 Å². The van der Waals surface area contributed by atoms with Crippen molar-refractivity contribution in [3.05, 3.63) is 10.8 Å². The van der Waals surface area contributed by atoms with Gasteiger partial charge < -0.3 is 11.5 Å². The van der Waals surface area contributed by atoms with E-state index in [2.05, 4.69) is 9.36 Å². The van der Waals surface area contributed by atoms with E-state index < -0.39 is 5.91 Å². The first-order chi connectivity index (χ1) is 4.74. The average Bonchev–Trinajstić information content (AvgIpc) is 2.34. The summed E-state index contributed by atoms with van der Waals surface area (Å²) in [6, 6.07) is 0. The number of aromatic nitrogens is 2. The molecule has 0 bridgehead atoms. The van der Waals surface area contributed by atoms with Gasteiger partial charge in [-0.2, -0.15) is 4.37 Å². The van der Waals surface area contributed by atoms with Crippen LogP contribution in [-0.4, -0.2) is 15.3 Å². The number of hydrogen-bond acceptors (Lipinski definition) is 5. The zero-order chi connectivity index (χ0) is 7.56. The lowest BCUT2D eigenvalue weighted by Crippen LogP contribution is -2.10. The van der Waals surface area contributed by atoms with Crippen LogP contribution in [0.1, 0.15) is 15.6 Å². The zero-order valence-corrected chi connectivity index (χ0v) is 5.89. The molecule has 0 aliphatic carbocycles. The van der Waals surface area contributed by atoms with E-state index in [0.717, 1.165) is 11.5 Å². The lowest BCUT2D eigenvalue weighted by atomic mass is 10.6. The third-order valence-corrected chi connectivity index (χ3v) is 1.63. The lowest BCUT2D eigenvalue weighted by molar-refractivity contribution is 0.1000. The van der Waals surface area contributed by atoms with Crippen LogP contribution in [0.5, 0.6) is 0 Å². The molecule has 5 nitrogen and oxygen atoms in total. The minimum absolute atomic E-state index is 0.209. The number of rotatable bonds is 2. The molecule has 0 unspecified atom stereocenters. The highest BCUT2D eigenvalue weighted by molar-refractivity contribution is 7.07. The molecule has 0 radical (unpaired) electrons. The highest BCUT2D eigenvalue weighted by atomic mass is 32.1. The van der Waals surface area contributed by atoms with Gasteiger partial charge in [0.1, 0.15) is 0 Å². The van der Waals surface area contributed by atoms with Gasteiger partial charge in [0, 0.05) is 0 Å². The number of nitrogens with zero attached hydrogens (tertiary/aromatic N) is 2. The molecule has 0 atom stereocenters. The summed E-state index contributed by atoms with van der Waals surface area (Å²) in [5, 5.41) is 0.209. The number of carbonyl (C=O) groups is 1. The lowest BCUT2D eigenvalue weighted by Gasteiger charge is -1.81. The Labute approximate surface area is 61.2 Å². The van der Waals surface area contributed by atoms with Crippen molar-refractivity contribution in [2.24, 2.45) is 11.5 Å². The predicted octanol–water partition coefficient (Wildman–Crippen LogP) is -0.904. The summed E-state index contributed by atoms with van der Waals surface area (Å²) in [5.74, 6) is -0.101. The Kier molecular flexibility index (Phi) is 1.93. The first kappa shape index (κ1) is 7.10. The van der Waals surface area contributed by atoms with Crippen LogP contribution in [0, 0.1) is 0 Å². The van der Waals surface area contributed by atoms with Crippen LogP contribution >= 0.6 is 11.5 Å². The topological polar surface area (TPSA) is 94.9 Å². The molecule has 1 aromatic heterocycles. The molecule has 1 aromatic rings. The first-order valence-electron chi connectivity index (χ1n) is 2.56. The van der Waals surface area contributed by atoms with Crippen LogP contribution in [0.25, 0.3) is 0 Å². The Bertz CT molecular complexity index is 245. The Hall–Kier alpha value is -1.01. The smallest absolute Gasteiger partial charge is 0.279 e. The molecule has 54 valence electrons. The molecule has 6 heteroatoms. The van der Waals surface area contributed by atoms with Crippen LogP contribution in [0.2, 0.25) is 0 Å². The summed E-state index contributed by atoms with van der Waals surface area (Å²) in [6.45, 7) is 0.240. The van der Waals surface area contributed by atoms with Gasteiger partial charge in [0.2, 0.25) is 5.01 Å². The molecule has 1 heterocycles. The molecule has 0 spiro atoms. The van der Waals surface area contributed by atoms with Gasteiger partial charge in [0.25, 0.3) is 5.91 Å². The van der Waals surface area contributed by atoms with Crippen LogP contribution in [0.15, 0.2) is 0 Å². The van der Waals surface area contributed by atoms with Gasteiger partial charge in [-0.1, -0.05) is 0 Å². The van der Waals surface area contributed by atoms with Crippen LogP contribution in [0.4, 0.5) is 0 Å². The molecule has 0 aliphatic rings. The van der Waals surface area contributed by atoms with Crippen molar-refractivity contribution in [2.75, 3.05) is 0 Å².